The first-order chi connectivity index (χ1) is 9.78. The van der Waals surface area contributed by atoms with Gasteiger partial charge in [-0.1, -0.05) is 25.1 Å². The molecule has 0 amide bonds. The van der Waals surface area contributed by atoms with Crippen LogP contribution in [-0.2, 0) is 6.42 Å². The summed E-state index contributed by atoms with van der Waals surface area (Å²) in [6.45, 7) is 2.12. The van der Waals surface area contributed by atoms with Crippen molar-refractivity contribution in [2.45, 2.75) is 38.3 Å². The monoisotopic (exact) mass is 268 g/mol. The number of nitrogens with zero attached hydrogens (tertiary/aromatic N) is 1. The second-order valence-corrected chi connectivity index (χ2v) is 5.27. The van der Waals surface area contributed by atoms with Gasteiger partial charge < -0.3 is 10.5 Å². The maximum atomic E-state index is 6.35. The molecule has 1 heterocycles. The predicted molar refractivity (Wildman–Crippen MR) is 79.7 cm³/mol. The number of ether oxygens (including phenoxy) is 1. The number of pyridine rings is 1. The van der Waals surface area contributed by atoms with Crippen LogP contribution in [0.5, 0.6) is 5.75 Å². The molecule has 0 aliphatic heterocycles. The molecule has 1 saturated carbocycles. The molecule has 1 aromatic carbocycles. The number of hydrogen-bond donors (Lipinski definition) is 1. The smallest absolute Gasteiger partial charge is 0.119 e. The standard InChI is InChI=1S/C17H20N2O/c1-2-12-4-3-11-19-17(12)16(18)13-5-7-14(8-6-13)20-15-9-10-15/h3-8,11,15-16H,2,9-10,18H2,1H3. The largest absolute Gasteiger partial charge is 0.490 e. The first-order valence-corrected chi connectivity index (χ1v) is 7.24. The van der Waals surface area contributed by atoms with E-state index in [0.29, 0.717) is 6.10 Å². The molecule has 3 nitrogen and oxygen atoms in total. The molecule has 1 aliphatic carbocycles. The van der Waals surface area contributed by atoms with Crippen LogP contribution in [0, 0.1) is 0 Å². The van der Waals surface area contributed by atoms with E-state index in [1.807, 2.05) is 30.3 Å². The van der Waals surface area contributed by atoms with Crippen LogP contribution >= 0.6 is 0 Å². The third-order valence-corrected chi connectivity index (χ3v) is 3.67. The van der Waals surface area contributed by atoms with Gasteiger partial charge in [0.2, 0.25) is 0 Å². The Labute approximate surface area is 119 Å². The number of rotatable bonds is 5. The van der Waals surface area contributed by atoms with E-state index in [2.05, 4.69) is 18.0 Å². The van der Waals surface area contributed by atoms with Crippen LogP contribution in [-0.4, -0.2) is 11.1 Å². The Morgan fingerprint density at radius 3 is 2.65 bits per heavy atom. The van der Waals surface area contributed by atoms with Crippen molar-refractivity contribution < 1.29 is 4.74 Å². The minimum Gasteiger partial charge on any atom is -0.490 e. The van der Waals surface area contributed by atoms with Crippen molar-refractivity contribution in [1.82, 2.24) is 4.98 Å². The Kier molecular flexibility index (Phi) is 3.70. The highest BCUT2D eigenvalue weighted by Gasteiger charge is 2.23. The zero-order chi connectivity index (χ0) is 13.9. The Hall–Kier alpha value is -1.87. The van der Waals surface area contributed by atoms with E-state index >= 15 is 0 Å². The lowest BCUT2D eigenvalue weighted by Crippen LogP contribution is -2.15. The topological polar surface area (TPSA) is 48.1 Å². The number of nitrogens with two attached hydrogens (primary N) is 1. The molecule has 104 valence electrons. The Bertz CT molecular complexity index is 576. The normalized spacial score (nSPS) is 15.9. The van der Waals surface area contributed by atoms with Gasteiger partial charge in [-0.15, -0.1) is 0 Å². The van der Waals surface area contributed by atoms with E-state index < -0.39 is 0 Å². The second-order valence-electron chi connectivity index (χ2n) is 5.27. The van der Waals surface area contributed by atoms with Crippen LogP contribution in [0.3, 0.4) is 0 Å². The molecule has 0 radical (unpaired) electrons. The lowest BCUT2D eigenvalue weighted by atomic mass is 9.99. The molecule has 3 heteroatoms. The van der Waals surface area contributed by atoms with Crippen molar-refractivity contribution in [2.75, 3.05) is 0 Å². The number of hydrogen-bond acceptors (Lipinski definition) is 3. The summed E-state index contributed by atoms with van der Waals surface area (Å²) in [5.41, 5.74) is 9.59. The van der Waals surface area contributed by atoms with Crippen LogP contribution in [0.4, 0.5) is 0 Å². The highest BCUT2D eigenvalue weighted by Crippen LogP contribution is 2.28. The van der Waals surface area contributed by atoms with Gasteiger partial charge in [0.15, 0.2) is 0 Å². The highest BCUT2D eigenvalue weighted by molar-refractivity contribution is 5.35. The third kappa shape index (κ3) is 2.83. The van der Waals surface area contributed by atoms with Crippen molar-refractivity contribution in [3.63, 3.8) is 0 Å². The second kappa shape index (κ2) is 5.63. The zero-order valence-electron chi connectivity index (χ0n) is 11.8. The van der Waals surface area contributed by atoms with Gasteiger partial charge in [0.25, 0.3) is 0 Å². The van der Waals surface area contributed by atoms with Crippen LogP contribution in [0.2, 0.25) is 0 Å². The molecule has 2 aromatic rings. The fraction of sp³-hybridized carbons (Fsp3) is 0.353. The molecule has 0 spiro atoms. The van der Waals surface area contributed by atoms with Gasteiger partial charge >= 0.3 is 0 Å². The number of benzene rings is 1. The Morgan fingerprint density at radius 1 is 1.25 bits per heavy atom. The molecule has 20 heavy (non-hydrogen) atoms. The highest BCUT2D eigenvalue weighted by atomic mass is 16.5. The minimum atomic E-state index is -0.180. The van der Waals surface area contributed by atoms with Gasteiger partial charge in [-0.3, -0.25) is 4.98 Å². The van der Waals surface area contributed by atoms with Crippen molar-refractivity contribution >= 4 is 0 Å². The predicted octanol–water partition coefficient (Wildman–Crippen LogP) is 3.23. The first kappa shape index (κ1) is 13.1. The lowest BCUT2D eigenvalue weighted by molar-refractivity contribution is 0.303. The van der Waals surface area contributed by atoms with E-state index in [1.54, 1.807) is 6.20 Å². The van der Waals surface area contributed by atoms with E-state index in [0.717, 1.165) is 23.4 Å². The fourth-order valence-corrected chi connectivity index (χ4v) is 2.32. The lowest BCUT2D eigenvalue weighted by Gasteiger charge is -2.15. The van der Waals surface area contributed by atoms with Crippen LogP contribution in [0.15, 0.2) is 42.6 Å². The summed E-state index contributed by atoms with van der Waals surface area (Å²) in [6.07, 6.45) is 5.53. The summed E-state index contributed by atoms with van der Waals surface area (Å²) in [4.78, 5) is 4.45. The number of aryl methyl sites for hydroxylation is 1. The van der Waals surface area contributed by atoms with E-state index in [9.17, 15) is 0 Å². The molecule has 1 atom stereocenters. The van der Waals surface area contributed by atoms with Crippen LogP contribution in [0.1, 0.15) is 42.6 Å². The summed E-state index contributed by atoms with van der Waals surface area (Å²) >= 11 is 0. The van der Waals surface area contributed by atoms with Gasteiger partial charge in [-0.2, -0.15) is 0 Å². The van der Waals surface area contributed by atoms with Crippen molar-refractivity contribution in [3.05, 3.63) is 59.4 Å². The average Bonchev–Trinajstić information content (AvgIpc) is 3.31. The molecular formula is C17H20N2O. The van der Waals surface area contributed by atoms with Crippen molar-refractivity contribution in [1.29, 1.82) is 0 Å². The molecule has 3 rings (SSSR count). The molecule has 1 fully saturated rings. The summed E-state index contributed by atoms with van der Waals surface area (Å²) < 4.78 is 5.75. The Morgan fingerprint density at radius 2 is 2.00 bits per heavy atom. The van der Waals surface area contributed by atoms with Crippen LogP contribution in [0.25, 0.3) is 0 Å². The van der Waals surface area contributed by atoms with Crippen LogP contribution < -0.4 is 10.5 Å². The van der Waals surface area contributed by atoms with Gasteiger partial charge in [0, 0.05) is 6.20 Å². The Balaban J connectivity index is 1.80. The van der Waals surface area contributed by atoms with Crippen molar-refractivity contribution in [3.8, 4) is 5.75 Å². The molecular weight excluding hydrogens is 248 g/mol. The molecule has 0 bridgehead atoms. The van der Waals surface area contributed by atoms with E-state index in [1.165, 1.54) is 18.4 Å². The SMILES string of the molecule is CCc1cccnc1C(N)c1ccc(OC2CC2)cc1. The molecule has 1 aliphatic rings. The van der Waals surface area contributed by atoms with Gasteiger partial charge in [0.1, 0.15) is 5.75 Å². The summed E-state index contributed by atoms with van der Waals surface area (Å²) in [5, 5.41) is 0. The fourth-order valence-electron chi connectivity index (χ4n) is 2.32. The number of aromatic nitrogens is 1. The maximum Gasteiger partial charge on any atom is 0.119 e. The van der Waals surface area contributed by atoms with Gasteiger partial charge in [0.05, 0.1) is 17.8 Å². The average molecular weight is 268 g/mol. The summed E-state index contributed by atoms with van der Waals surface area (Å²) in [5.74, 6) is 0.931. The summed E-state index contributed by atoms with van der Waals surface area (Å²) in [7, 11) is 0. The van der Waals surface area contributed by atoms with Gasteiger partial charge in [-0.25, -0.2) is 0 Å². The third-order valence-electron chi connectivity index (χ3n) is 3.67. The maximum absolute atomic E-state index is 6.35. The van der Waals surface area contributed by atoms with E-state index in [4.69, 9.17) is 10.5 Å². The van der Waals surface area contributed by atoms with Gasteiger partial charge in [-0.05, 0) is 48.6 Å². The van der Waals surface area contributed by atoms with E-state index in [-0.39, 0.29) is 6.04 Å². The first-order valence-electron chi connectivity index (χ1n) is 7.24. The molecule has 2 N–H and O–H groups in total. The molecule has 1 unspecified atom stereocenters. The van der Waals surface area contributed by atoms with Crippen molar-refractivity contribution in [2.24, 2.45) is 5.73 Å². The summed E-state index contributed by atoms with van der Waals surface area (Å²) in [6, 6.07) is 12.0. The zero-order valence-corrected chi connectivity index (χ0v) is 11.8. The molecule has 0 saturated heterocycles. The minimum absolute atomic E-state index is 0.180. The molecule has 1 aromatic heterocycles. The quantitative estimate of drug-likeness (QED) is 0.905.